The van der Waals surface area contributed by atoms with Crippen molar-refractivity contribution >= 4 is 17.1 Å². The zero-order chi connectivity index (χ0) is 16.4. The van der Waals surface area contributed by atoms with E-state index in [1.54, 1.807) is 0 Å². The van der Waals surface area contributed by atoms with Crippen LogP contribution in [0.15, 0.2) is 41.3 Å². The van der Waals surface area contributed by atoms with Crippen molar-refractivity contribution < 1.29 is 4.42 Å². The molecule has 0 unspecified atom stereocenters. The second-order valence-electron chi connectivity index (χ2n) is 6.45. The fraction of sp³-hybridized carbons (Fsp3) is 0.444. The molecule has 2 aromatic heterocycles. The smallest absolute Gasteiger partial charge is 0.298 e. The van der Waals surface area contributed by atoms with Crippen LogP contribution >= 0.6 is 0 Å². The van der Waals surface area contributed by atoms with Crippen molar-refractivity contribution in [1.29, 1.82) is 0 Å². The van der Waals surface area contributed by atoms with Crippen LogP contribution in [0.25, 0.3) is 11.1 Å². The van der Waals surface area contributed by atoms with Gasteiger partial charge in [0.05, 0.1) is 6.33 Å². The fourth-order valence-electron chi connectivity index (χ4n) is 3.22. The molecule has 0 aliphatic carbocycles. The van der Waals surface area contributed by atoms with Crippen molar-refractivity contribution in [3.63, 3.8) is 0 Å². The Hall–Kier alpha value is -2.34. The molecule has 0 saturated carbocycles. The number of piperazine rings is 1. The molecule has 1 aromatic carbocycles. The van der Waals surface area contributed by atoms with Gasteiger partial charge >= 0.3 is 0 Å². The lowest BCUT2D eigenvalue weighted by atomic mass is 10.2. The maximum atomic E-state index is 5.91. The first kappa shape index (κ1) is 15.2. The molecule has 24 heavy (non-hydrogen) atoms. The predicted molar refractivity (Wildman–Crippen MR) is 94.2 cm³/mol. The molecule has 0 N–H and O–H groups in total. The van der Waals surface area contributed by atoms with Gasteiger partial charge in [-0.1, -0.05) is 6.07 Å². The summed E-state index contributed by atoms with van der Waals surface area (Å²) in [5.74, 6) is 0. The van der Waals surface area contributed by atoms with Crippen LogP contribution in [0.3, 0.4) is 0 Å². The molecule has 0 spiro atoms. The van der Waals surface area contributed by atoms with Gasteiger partial charge in [0, 0.05) is 45.1 Å². The van der Waals surface area contributed by atoms with Crippen LogP contribution in [0.4, 0.5) is 6.01 Å². The maximum absolute atomic E-state index is 5.91. The third kappa shape index (κ3) is 3.28. The normalized spacial score (nSPS) is 16.1. The summed E-state index contributed by atoms with van der Waals surface area (Å²) < 4.78 is 8.05. The largest absolute Gasteiger partial charge is 0.423 e. The first-order valence-corrected chi connectivity index (χ1v) is 8.58. The number of hydrogen-bond acceptors (Lipinski definition) is 5. The van der Waals surface area contributed by atoms with Crippen LogP contribution in [0.2, 0.25) is 0 Å². The Bertz CT molecular complexity index is 787. The molecule has 0 bridgehead atoms. The van der Waals surface area contributed by atoms with E-state index in [4.69, 9.17) is 4.42 Å². The van der Waals surface area contributed by atoms with Gasteiger partial charge in [-0.05, 0) is 37.6 Å². The van der Waals surface area contributed by atoms with Crippen molar-refractivity contribution in [1.82, 2.24) is 19.4 Å². The van der Waals surface area contributed by atoms with Gasteiger partial charge in [-0.2, -0.15) is 4.98 Å². The van der Waals surface area contributed by atoms with Crippen molar-refractivity contribution in [2.24, 2.45) is 0 Å². The Balaban J connectivity index is 1.30. The molecule has 3 aromatic rings. The third-order valence-electron chi connectivity index (χ3n) is 4.62. The molecule has 126 valence electrons. The van der Waals surface area contributed by atoms with E-state index in [1.807, 2.05) is 24.8 Å². The van der Waals surface area contributed by atoms with Crippen LogP contribution in [0, 0.1) is 6.92 Å². The molecule has 1 aliphatic rings. The number of rotatable bonds is 5. The van der Waals surface area contributed by atoms with Crippen LogP contribution in [-0.4, -0.2) is 52.2 Å². The second-order valence-corrected chi connectivity index (χ2v) is 6.45. The molecule has 0 atom stereocenters. The van der Waals surface area contributed by atoms with E-state index < -0.39 is 0 Å². The lowest BCUT2D eigenvalue weighted by Gasteiger charge is -2.33. The number of hydrogen-bond donors (Lipinski definition) is 0. The summed E-state index contributed by atoms with van der Waals surface area (Å²) in [5.41, 5.74) is 3.04. The van der Waals surface area contributed by atoms with Gasteiger partial charge in [-0.3, -0.25) is 4.90 Å². The van der Waals surface area contributed by atoms with Gasteiger partial charge in [0.15, 0.2) is 5.58 Å². The molecule has 0 radical (unpaired) electrons. The van der Waals surface area contributed by atoms with E-state index in [9.17, 15) is 0 Å². The van der Waals surface area contributed by atoms with Crippen LogP contribution < -0.4 is 4.90 Å². The Morgan fingerprint density at radius 1 is 1.12 bits per heavy atom. The molecule has 0 amide bonds. The standard InChI is InChI=1S/C18H23N5O/c1-15-3-4-17-16(13-15)20-18(24-17)23-11-9-21(10-12-23)6-2-7-22-8-5-19-14-22/h3-5,8,13-14H,2,6-7,9-12H2,1H3. The lowest BCUT2D eigenvalue weighted by molar-refractivity contribution is 0.246. The lowest BCUT2D eigenvalue weighted by Crippen LogP contribution is -2.46. The number of oxazole rings is 1. The molecule has 3 heterocycles. The molecular formula is C18H23N5O. The monoisotopic (exact) mass is 325 g/mol. The highest BCUT2D eigenvalue weighted by Gasteiger charge is 2.20. The van der Waals surface area contributed by atoms with Crippen molar-refractivity contribution in [3.05, 3.63) is 42.5 Å². The van der Waals surface area contributed by atoms with E-state index >= 15 is 0 Å². The van der Waals surface area contributed by atoms with Crippen LogP contribution in [0.5, 0.6) is 0 Å². The highest BCUT2D eigenvalue weighted by Crippen LogP contribution is 2.23. The molecular weight excluding hydrogens is 302 g/mol. The first-order chi connectivity index (χ1) is 11.8. The van der Waals surface area contributed by atoms with Crippen molar-refractivity contribution in [3.8, 4) is 0 Å². The maximum Gasteiger partial charge on any atom is 0.298 e. The minimum atomic E-state index is 0.758. The van der Waals surface area contributed by atoms with E-state index in [1.165, 1.54) is 5.56 Å². The highest BCUT2D eigenvalue weighted by molar-refractivity contribution is 5.75. The summed E-state index contributed by atoms with van der Waals surface area (Å²) in [4.78, 5) is 13.5. The van der Waals surface area contributed by atoms with E-state index in [0.717, 1.165) is 62.8 Å². The van der Waals surface area contributed by atoms with Gasteiger partial charge in [0.2, 0.25) is 0 Å². The minimum absolute atomic E-state index is 0.758. The molecule has 6 heteroatoms. The fourth-order valence-corrected chi connectivity index (χ4v) is 3.22. The Morgan fingerprint density at radius 3 is 2.79 bits per heavy atom. The summed E-state index contributed by atoms with van der Waals surface area (Å²) in [7, 11) is 0. The van der Waals surface area contributed by atoms with Gasteiger partial charge in [0.1, 0.15) is 5.52 Å². The summed E-state index contributed by atoms with van der Waals surface area (Å²) in [6, 6.07) is 6.91. The highest BCUT2D eigenvalue weighted by atomic mass is 16.4. The summed E-state index contributed by atoms with van der Waals surface area (Å²) >= 11 is 0. The zero-order valence-corrected chi connectivity index (χ0v) is 14.1. The average molecular weight is 325 g/mol. The number of aromatic nitrogens is 3. The Morgan fingerprint density at radius 2 is 2.00 bits per heavy atom. The number of fused-ring (bicyclic) bond motifs is 1. The number of nitrogens with zero attached hydrogens (tertiary/aromatic N) is 5. The Kier molecular flexibility index (Phi) is 4.21. The SMILES string of the molecule is Cc1ccc2oc(N3CCN(CCCn4ccnc4)CC3)nc2c1. The zero-order valence-electron chi connectivity index (χ0n) is 14.1. The molecule has 1 aliphatic heterocycles. The average Bonchev–Trinajstić information content (AvgIpc) is 3.24. The van der Waals surface area contributed by atoms with Crippen LogP contribution in [0.1, 0.15) is 12.0 Å². The predicted octanol–water partition coefficient (Wildman–Crippen LogP) is 2.55. The second kappa shape index (κ2) is 6.65. The number of benzene rings is 1. The van der Waals surface area contributed by atoms with Crippen molar-refractivity contribution in [2.45, 2.75) is 19.9 Å². The first-order valence-electron chi connectivity index (χ1n) is 8.58. The quantitative estimate of drug-likeness (QED) is 0.721. The van der Waals surface area contributed by atoms with Crippen molar-refractivity contribution in [2.75, 3.05) is 37.6 Å². The number of anilines is 1. The minimum Gasteiger partial charge on any atom is -0.423 e. The Labute approximate surface area is 141 Å². The summed E-state index contributed by atoms with van der Waals surface area (Å²) in [5, 5.41) is 0. The van der Waals surface area contributed by atoms with E-state index in [-0.39, 0.29) is 0 Å². The van der Waals surface area contributed by atoms with E-state index in [2.05, 4.69) is 43.4 Å². The van der Waals surface area contributed by atoms with Gasteiger partial charge in [0.25, 0.3) is 6.01 Å². The molecule has 1 fully saturated rings. The van der Waals surface area contributed by atoms with Gasteiger partial charge in [-0.25, -0.2) is 4.98 Å². The molecule has 6 nitrogen and oxygen atoms in total. The van der Waals surface area contributed by atoms with Gasteiger partial charge in [-0.15, -0.1) is 0 Å². The van der Waals surface area contributed by atoms with E-state index in [0.29, 0.717) is 0 Å². The molecule has 4 rings (SSSR count). The number of imidazole rings is 1. The molecule has 1 saturated heterocycles. The van der Waals surface area contributed by atoms with Gasteiger partial charge < -0.3 is 13.9 Å². The number of aryl methyl sites for hydroxylation is 2. The third-order valence-corrected chi connectivity index (χ3v) is 4.62. The van der Waals surface area contributed by atoms with Crippen LogP contribution in [-0.2, 0) is 6.54 Å². The topological polar surface area (TPSA) is 50.3 Å². The summed E-state index contributed by atoms with van der Waals surface area (Å²) in [6.07, 6.45) is 6.89. The summed E-state index contributed by atoms with van der Waals surface area (Å²) in [6.45, 7) is 8.29.